The van der Waals surface area contributed by atoms with E-state index >= 15 is 0 Å². The summed E-state index contributed by atoms with van der Waals surface area (Å²) in [5.41, 5.74) is 0.312. The third-order valence-electron chi connectivity index (χ3n) is 4.06. The van der Waals surface area contributed by atoms with E-state index in [-0.39, 0.29) is 0 Å². The van der Waals surface area contributed by atoms with Gasteiger partial charge in [-0.15, -0.1) is 0 Å². The fraction of sp³-hybridized carbons (Fsp3) is 1.00. The molecule has 2 saturated carbocycles. The van der Waals surface area contributed by atoms with Crippen molar-refractivity contribution in [1.82, 2.24) is 5.32 Å². The van der Waals surface area contributed by atoms with Crippen LogP contribution >= 0.6 is 0 Å². The summed E-state index contributed by atoms with van der Waals surface area (Å²) in [5.74, 6) is 1.81. The Morgan fingerprint density at radius 1 is 1.46 bits per heavy atom. The maximum atomic E-state index is 9.11. The quantitative estimate of drug-likeness (QED) is 0.693. The van der Waals surface area contributed by atoms with Crippen LogP contribution in [-0.4, -0.2) is 23.8 Å². The second kappa shape index (κ2) is 3.58. The van der Waals surface area contributed by atoms with Gasteiger partial charge in [-0.3, -0.25) is 0 Å². The van der Waals surface area contributed by atoms with Gasteiger partial charge >= 0.3 is 0 Å². The van der Waals surface area contributed by atoms with Crippen molar-refractivity contribution in [2.45, 2.75) is 44.6 Å². The fourth-order valence-electron chi connectivity index (χ4n) is 3.61. The normalized spacial score (nSPS) is 42.9. The predicted molar refractivity (Wildman–Crippen MR) is 53.6 cm³/mol. The molecule has 2 aliphatic carbocycles. The highest BCUT2D eigenvalue weighted by Crippen LogP contribution is 2.51. The van der Waals surface area contributed by atoms with Crippen molar-refractivity contribution in [2.24, 2.45) is 11.8 Å². The largest absolute Gasteiger partial charge is 0.396 e. The lowest BCUT2D eigenvalue weighted by Gasteiger charge is -2.38. The van der Waals surface area contributed by atoms with Crippen molar-refractivity contribution >= 4 is 0 Å². The minimum atomic E-state index is 0.312. The Bertz CT molecular complexity index is 175. The lowest BCUT2D eigenvalue weighted by atomic mass is 9.78. The molecule has 2 N–H and O–H groups in total. The van der Waals surface area contributed by atoms with Crippen LogP contribution < -0.4 is 5.32 Å². The number of hydrogen-bond donors (Lipinski definition) is 2. The molecule has 76 valence electrons. The van der Waals surface area contributed by atoms with Crippen LogP contribution in [0.1, 0.15) is 39.0 Å². The Hall–Kier alpha value is -0.0800. The smallest absolute Gasteiger partial charge is 0.0448 e. The molecule has 0 aromatic rings. The summed E-state index contributed by atoms with van der Waals surface area (Å²) in [7, 11) is 0. The highest BCUT2D eigenvalue weighted by Gasteiger charge is 2.49. The average molecular weight is 183 g/mol. The van der Waals surface area contributed by atoms with E-state index in [1.807, 2.05) is 0 Å². The Kier molecular flexibility index (Phi) is 2.61. The number of hydrogen-bond acceptors (Lipinski definition) is 2. The van der Waals surface area contributed by atoms with Crippen molar-refractivity contribution in [3.63, 3.8) is 0 Å². The van der Waals surface area contributed by atoms with Crippen molar-refractivity contribution in [1.29, 1.82) is 0 Å². The summed E-state index contributed by atoms with van der Waals surface area (Å²) >= 11 is 0. The highest BCUT2D eigenvalue weighted by molar-refractivity contribution is 5.05. The zero-order valence-electron chi connectivity index (χ0n) is 8.55. The lowest BCUT2D eigenvalue weighted by Crippen LogP contribution is -2.50. The number of rotatable bonds is 4. The third-order valence-corrected chi connectivity index (χ3v) is 4.06. The summed E-state index contributed by atoms with van der Waals surface area (Å²) in [4.78, 5) is 0. The molecule has 0 radical (unpaired) electrons. The maximum Gasteiger partial charge on any atom is 0.0448 e. The van der Waals surface area contributed by atoms with Gasteiger partial charge < -0.3 is 10.4 Å². The standard InChI is InChI=1S/C11H21NO/c1-2-12-11(5-6-13)8-9-3-4-10(11)7-9/h9-10,12-13H,2-8H2,1H3. The maximum absolute atomic E-state index is 9.11. The minimum absolute atomic E-state index is 0.312. The Labute approximate surface area is 80.7 Å². The first-order valence-electron chi connectivity index (χ1n) is 5.66. The van der Waals surface area contributed by atoms with E-state index in [0.717, 1.165) is 24.8 Å². The van der Waals surface area contributed by atoms with Crippen LogP contribution in [-0.2, 0) is 0 Å². The molecule has 2 rings (SSSR count). The van der Waals surface area contributed by atoms with Gasteiger partial charge in [-0.2, -0.15) is 0 Å². The molecular formula is C11H21NO. The first kappa shape index (κ1) is 9.47. The van der Waals surface area contributed by atoms with Crippen LogP contribution in [0, 0.1) is 11.8 Å². The number of aliphatic hydroxyl groups excluding tert-OH is 1. The van der Waals surface area contributed by atoms with Gasteiger partial charge in [0.05, 0.1) is 0 Å². The van der Waals surface area contributed by atoms with E-state index in [0.29, 0.717) is 12.1 Å². The van der Waals surface area contributed by atoms with Crippen molar-refractivity contribution in [2.75, 3.05) is 13.2 Å². The van der Waals surface area contributed by atoms with E-state index in [1.165, 1.54) is 25.7 Å². The van der Waals surface area contributed by atoms with Crippen LogP contribution in [0.25, 0.3) is 0 Å². The van der Waals surface area contributed by atoms with Gasteiger partial charge in [0.2, 0.25) is 0 Å². The van der Waals surface area contributed by atoms with Crippen molar-refractivity contribution < 1.29 is 5.11 Å². The Balaban J connectivity index is 2.05. The van der Waals surface area contributed by atoms with Gasteiger partial charge in [0.1, 0.15) is 0 Å². The molecule has 2 aliphatic rings. The monoisotopic (exact) mass is 183 g/mol. The Morgan fingerprint density at radius 2 is 2.31 bits per heavy atom. The number of nitrogens with one attached hydrogen (secondary N) is 1. The first-order valence-corrected chi connectivity index (χ1v) is 5.66. The van der Waals surface area contributed by atoms with Crippen molar-refractivity contribution in [3.8, 4) is 0 Å². The molecule has 2 fully saturated rings. The molecule has 0 aliphatic heterocycles. The second-order valence-corrected chi connectivity index (χ2v) is 4.74. The molecule has 2 bridgehead atoms. The summed E-state index contributed by atoms with van der Waals surface area (Å²) in [5, 5.41) is 12.7. The number of fused-ring (bicyclic) bond motifs is 2. The van der Waals surface area contributed by atoms with Gasteiger partial charge in [-0.1, -0.05) is 13.3 Å². The Morgan fingerprint density at radius 3 is 2.77 bits per heavy atom. The van der Waals surface area contributed by atoms with E-state index in [2.05, 4.69) is 12.2 Å². The van der Waals surface area contributed by atoms with Gasteiger partial charge in [0, 0.05) is 12.1 Å². The van der Waals surface area contributed by atoms with Gasteiger partial charge in [-0.05, 0) is 44.1 Å². The molecular weight excluding hydrogens is 162 g/mol. The average Bonchev–Trinajstić information content (AvgIpc) is 2.64. The fourth-order valence-corrected chi connectivity index (χ4v) is 3.61. The van der Waals surface area contributed by atoms with Crippen molar-refractivity contribution in [3.05, 3.63) is 0 Å². The molecule has 0 saturated heterocycles. The van der Waals surface area contributed by atoms with Gasteiger partial charge in [-0.25, -0.2) is 0 Å². The molecule has 0 amide bonds. The molecule has 3 unspecified atom stereocenters. The molecule has 2 heteroatoms. The molecule has 13 heavy (non-hydrogen) atoms. The third kappa shape index (κ3) is 1.50. The molecule has 0 aromatic carbocycles. The molecule has 3 atom stereocenters. The van der Waals surface area contributed by atoms with Crippen LogP contribution in [0.15, 0.2) is 0 Å². The van der Waals surface area contributed by atoms with Gasteiger partial charge in [0.25, 0.3) is 0 Å². The summed E-state index contributed by atoms with van der Waals surface area (Å²) in [6, 6.07) is 0. The molecule has 0 heterocycles. The first-order chi connectivity index (χ1) is 6.30. The van der Waals surface area contributed by atoms with Crippen LogP contribution in [0.2, 0.25) is 0 Å². The van der Waals surface area contributed by atoms with E-state index in [1.54, 1.807) is 0 Å². The number of aliphatic hydroxyl groups is 1. The molecule has 0 aromatic heterocycles. The predicted octanol–water partition coefficient (Wildman–Crippen LogP) is 1.54. The van der Waals surface area contributed by atoms with E-state index < -0.39 is 0 Å². The lowest BCUT2D eigenvalue weighted by molar-refractivity contribution is 0.152. The van der Waals surface area contributed by atoms with E-state index in [4.69, 9.17) is 5.11 Å². The zero-order chi connectivity index (χ0) is 9.31. The highest BCUT2D eigenvalue weighted by atomic mass is 16.3. The topological polar surface area (TPSA) is 32.3 Å². The van der Waals surface area contributed by atoms with Crippen LogP contribution in [0.5, 0.6) is 0 Å². The summed E-state index contributed by atoms with van der Waals surface area (Å²) in [6.07, 6.45) is 6.50. The summed E-state index contributed by atoms with van der Waals surface area (Å²) < 4.78 is 0. The zero-order valence-corrected chi connectivity index (χ0v) is 8.55. The second-order valence-electron chi connectivity index (χ2n) is 4.74. The van der Waals surface area contributed by atoms with Crippen LogP contribution in [0.4, 0.5) is 0 Å². The minimum Gasteiger partial charge on any atom is -0.396 e. The summed E-state index contributed by atoms with van der Waals surface area (Å²) in [6.45, 7) is 3.56. The molecule has 0 spiro atoms. The molecule has 2 nitrogen and oxygen atoms in total. The van der Waals surface area contributed by atoms with Gasteiger partial charge in [0.15, 0.2) is 0 Å². The van der Waals surface area contributed by atoms with Crippen LogP contribution in [0.3, 0.4) is 0 Å². The van der Waals surface area contributed by atoms with E-state index in [9.17, 15) is 0 Å². The SMILES string of the molecule is CCNC1(CCO)CC2CCC1C2.